The third kappa shape index (κ3) is 1.80. The van der Waals surface area contributed by atoms with Gasteiger partial charge < -0.3 is 19.7 Å². The van der Waals surface area contributed by atoms with Gasteiger partial charge in [-0.15, -0.1) is 0 Å². The Kier molecular flexibility index (Phi) is 2.53. The van der Waals surface area contributed by atoms with Crippen molar-refractivity contribution >= 4 is 5.97 Å². The molecule has 2 aliphatic heterocycles. The van der Waals surface area contributed by atoms with Crippen molar-refractivity contribution in [2.24, 2.45) is 0 Å². The molecule has 0 fully saturated rings. The minimum Gasteiger partial charge on any atom is -0.508 e. The summed E-state index contributed by atoms with van der Waals surface area (Å²) in [5.74, 6) is 1.03. The molecule has 25 heavy (non-hydrogen) atoms. The Balaban J connectivity index is 1.83. The molecule has 0 saturated carbocycles. The van der Waals surface area contributed by atoms with Gasteiger partial charge in [-0.1, -0.05) is 24.3 Å². The third-order valence-corrected chi connectivity index (χ3v) is 4.67. The number of phenols is 2. The molecule has 3 aromatic carbocycles. The number of carbonyl (C=O) groups is 1. The van der Waals surface area contributed by atoms with Gasteiger partial charge in [-0.3, -0.25) is 0 Å². The van der Waals surface area contributed by atoms with Crippen LogP contribution in [0.15, 0.2) is 60.7 Å². The molecule has 0 atom stereocenters. The predicted molar refractivity (Wildman–Crippen MR) is 88.0 cm³/mol. The third-order valence-electron chi connectivity index (χ3n) is 4.67. The molecule has 5 rings (SSSR count). The van der Waals surface area contributed by atoms with E-state index >= 15 is 0 Å². The summed E-state index contributed by atoms with van der Waals surface area (Å²) in [4.78, 5) is 12.6. The lowest BCUT2D eigenvalue weighted by Crippen LogP contribution is -2.29. The van der Waals surface area contributed by atoms with E-state index in [0.29, 0.717) is 33.8 Å². The highest BCUT2D eigenvalue weighted by Crippen LogP contribution is 2.57. The van der Waals surface area contributed by atoms with Gasteiger partial charge in [0.1, 0.15) is 17.1 Å². The number of phenolic OH excluding ortho intramolecular Hbond substituents is 2. The van der Waals surface area contributed by atoms with Gasteiger partial charge in [0.25, 0.3) is 0 Å². The molecule has 3 aromatic rings. The molecule has 0 bridgehead atoms. The van der Waals surface area contributed by atoms with Gasteiger partial charge in [0, 0.05) is 16.7 Å². The first-order valence-electron chi connectivity index (χ1n) is 7.77. The van der Waals surface area contributed by atoms with Crippen molar-refractivity contribution in [3.63, 3.8) is 0 Å². The highest BCUT2D eigenvalue weighted by atomic mass is 16.6. The second-order valence-corrected chi connectivity index (χ2v) is 6.08. The van der Waals surface area contributed by atoms with Crippen LogP contribution in [0.1, 0.15) is 27.0 Å². The van der Waals surface area contributed by atoms with E-state index in [-0.39, 0.29) is 11.5 Å². The summed E-state index contributed by atoms with van der Waals surface area (Å²) in [5, 5.41) is 19.3. The van der Waals surface area contributed by atoms with E-state index in [4.69, 9.17) is 9.47 Å². The van der Waals surface area contributed by atoms with Crippen LogP contribution in [-0.2, 0) is 10.3 Å². The molecule has 122 valence electrons. The van der Waals surface area contributed by atoms with Gasteiger partial charge in [-0.2, -0.15) is 0 Å². The van der Waals surface area contributed by atoms with Crippen LogP contribution in [0.2, 0.25) is 0 Å². The number of aromatic hydroxyl groups is 2. The maximum atomic E-state index is 12.6. The summed E-state index contributed by atoms with van der Waals surface area (Å²) in [6.07, 6.45) is 0. The molecule has 0 spiro atoms. The van der Waals surface area contributed by atoms with Crippen LogP contribution in [0, 0.1) is 0 Å². The summed E-state index contributed by atoms with van der Waals surface area (Å²) in [6.45, 7) is 0. The van der Waals surface area contributed by atoms with Crippen LogP contribution in [0.25, 0.3) is 0 Å². The minimum atomic E-state index is -1.16. The van der Waals surface area contributed by atoms with Gasteiger partial charge >= 0.3 is 5.97 Å². The topological polar surface area (TPSA) is 79.3 Å². The largest absolute Gasteiger partial charge is 0.508 e. The van der Waals surface area contributed by atoms with E-state index in [9.17, 15) is 15.0 Å². The van der Waals surface area contributed by atoms with E-state index in [2.05, 4.69) is 0 Å². The van der Waals surface area contributed by atoms with Crippen LogP contribution in [0.4, 0.5) is 0 Å². The van der Waals surface area contributed by atoms with E-state index in [1.807, 2.05) is 12.1 Å². The van der Waals surface area contributed by atoms with Crippen LogP contribution in [0.3, 0.4) is 0 Å². The number of hydrogen-bond donors (Lipinski definition) is 2. The van der Waals surface area contributed by atoms with Gasteiger partial charge in [0.15, 0.2) is 17.1 Å². The first kappa shape index (κ1) is 13.9. The summed E-state index contributed by atoms with van der Waals surface area (Å²) in [7, 11) is 0. The lowest BCUT2D eigenvalue weighted by molar-refractivity contribution is 0.0251. The summed E-state index contributed by atoms with van der Waals surface area (Å²) >= 11 is 0. The van der Waals surface area contributed by atoms with Gasteiger partial charge in [-0.25, -0.2) is 4.79 Å². The molecule has 0 aromatic heterocycles. The number of hydrogen-bond acceptors (Lipinski definition) is 5. The quantitative estimate of drug-likeness (QED) is 0.432. The smallest absolute Gasteiger partial charge is 0.344 e. The standard InChI is InChI=1S/C20H12O5/c21-13-5-1-11(2-6-13)20(12-3-7-14(22)8-4-12)15-9-10-16-18(24-16)17(15)19(23)25-20/h1-10,21-22H. The average Bonchev–Trinajstić information content (AvgIpc) is 3.34. The minimum absolute atomic E-state index is 0.123. The lowest BCUT2D eigenvalue weighted by Gasteiger charge is -2.30. The Labute approximate surface area is 142 Å². The maximum Gasteiger partial charge on any atom is 0.344 e. The Morgan fingerprint density at radius 1 is 0.760 bits per heavy atom. The van der Waals surface area contributed by atoms with Crippen molar-refractivity contribution in [3.8, 4) is 23.0 Å². The Bertz CT molecular complexity index is 974. The van der Waals surface area contributed by atoms with Crippen LogP contribution < -0.4 is 4.74 Å². The molecule has 2 N–H and O–H groups in total. The van der Waals surface area contributed by atoms with E-state index in [1.165, 1.54) is 0 Å². The average molecular weight is 332 g/mol. The summed E-state index contributed by atoms with van der Waals surface area (Å²) < 4.78 is 11.3. The zero-order valence-electron chi connectivity index (χ0n) is 12.9. The number of ether oxygens (including phenoxy) is 2. The summed E-state index contributed by atoms with van der Waals surface area (Å²) in [6, 6.07) is 16.7. The van der Waals surface area contributed by atoms with Gasteiger partial charge in [0.05, 0.1) is 0 Å². The second kappa shape index (κ2) is 4.54. The summed E-state index contributed by atoms with van der Waals surface area (Å²) in [5.41, 5.74) is 1.35. The zero-order chi connectivity index (χ0) is 17.2. The maximum absolute atomic E-state index is 12.6. The number of benzene rings is 3. The highest BCUT2D eigenvalue weighted by molar-refractivity contribution is 6.01. The molecule has 5 heteroatoms. The number of rotatable bonds is 2. The molecule has 0 radical (unpaired) electrons. The molecule has 2 aliphatic rings. The van der Waals surface area contributed by atoms with Crippen molar-refractivity contribution in [1.29, 1.82) is 0 Å². The monoisotopic (exact) mass is 332 g/mol. The normalized spacial score (nSPS) is 15.8. The van der Waals surface area contributed by atoms with Crippen molar-refractivity contribution < 1.29 is 24.5 Å². The van der Waals surface area contributed by atoms with Gasteiger partial charge in [0.2, 0.25) is 0 Å². The first-order valence-corrected chi connectivity index (χ1v) is 7.77. The molecule has 5 nitrogen and oxygen atoms in total. The SMILES string of the molecule is O=C1OC(c2ccc(O)cc2)(c2ccc(O)cc2)c2ccc3c(c21)O3. The van der Waals surface area contributed by atoms with Crippen molar-refractivity contribution in [2.75, 3.05) is 0 Å². The fourth-order valence-electron chi connectivity index (χ4n) is 3.46. The predicted octanol–water partition coefficient (Wildman–Crippen LogP) is 3.67. The Hall–Kier alpha value is -3.47. The first-order chi connectivity index (χ1) is 12.1. The molecule has 2 heterocycles. The fourth-order valence-corrected chi connectivity index (χ4v) is 3.46. The van der Waals surface area contributed by atoms with Crippen molar-refractivity contribution in [2.45, 2.75) is 5.60 Å². The molecular formula is C20H12O5. The lowest BCUT2D eigenvalue weighted by atomic mass is 9.80. The van der Waals surface area contributed by atoms with Gasteiger partial charge in [-0.05, 0) is 36.4 Å². The highest BCUT2D eigenvalue weighted by Gasteiger charge is 2.52. The Morgan fingerprint density at radius 3 is 1.88 bits per heavy atom. The molecule has 0 saturated heterocycles. The number of esters is 1. The van der Waals surface area contributed by atoms with E-state index < -0.39 is 11.6 Å². The van der Waals surface area contributed by atoms with Crippen LogP contribution in [0.5, 0.6) is 23.0 Å². The van der Waals surface area contributed by atoms with Crippen molar-refractivity contribution in [1.82, 2.24) is 0 Å². The molecule has 0 amide bonds. The molecule has 0 unspecified atom stereocenters. The zero-order valence-corrected chi connectivity index (χ0v) is 12.9. The Morgan fingerprint density at radius 2 is 1.32 bits per heavy atom. The van der Waals surface area contributed by atoms with E-state index in [1.54, 1.807) is 48.5 Å². The molecular weight excluding hydrogens is 320 g/mol. The van der Waals surface area contributed by atoms with Crippen molar-refractivity contribution in [3.05, 3.63) is 82.9 Å². The molecule has 0 aliphatic carbocycles. The number of cyclic esters (lactones) is 1. The number of fused-ring (bicyclic) bond motifs is 3. The van der Waals surface area contributed by atoms with E-state index in [0.717, 1.165) is 0 Å². The second-order valence-electron chi connectivity index (χ2n) is 6.08. The fraction of sp³-hybridized carbons (Fsp3) is 0.0500. The van der Waals surface area contributed by atoms with Crippen LogP contribution in [-0.4, -0.2) is 16.2 Å². The van der Waals surface area contributed by atoms with Crippen LogP contribution >= 0.6 is 0 Å². The number of carbonyl (C=O) groups excluding carboxylic acids is 1.